The number of rotatable bonds is 8. The van der Waals surface area contributed by atoms with Crippen LogP contribution in [-0.2, 0) is 4.79 Å². The van der Waals surface area contributed by atoms with Crippen molar-refractivity contribution < 1.29 is 9.53 Å². The topological polar surface area (TPSA) is 50.7 Å². The maximum absolute atomic E-state index is 11.8. The molecule has 2 aromatic carbocycles. The second-order valence-corrected chi connectivity index (χ2v) is 6.79. The van der Waals surface area contributed by atoms with Crippen LogP contribution in [0.5, 0.6) is 5.75 Å². The van der Waals surface area contributed by atoms with Gasteiger partial charge in [-0.3, -0.25) is 4.79 Å². The van der Waals surface area contributed by atoms with Crippen molar-refractivity contribution in [1.82, 2.24) is 5.43 Å². The molecule has 0 saturated carbocycles. The van der Waals surface area contributed by atoms with E-state index in [2.05, 4.69) is 24.4 Å². The summed E-state index contributed by atoms with van der Waals surface area (Å²) in [6.07, 6.45) is 3.71. The van der Waals surface area contributed by atoms with E-state index < -0.39 is 0 Å². The number of halogens is 2. The van der Waals surface area contributed by atoms with Gasteiger partial charge in [-0.2, -0.15) is 5.10 Å². The number of carbonyl (C=O) groups is 1. The van der Waals surface area contributed by atoms with Crippen molar-refractivity contribution in [3.63, 3.8) is 0 Å². The molecule has 0 aliphatic heterocycles. The van der Waals surface area contributed by atoms with E-state index in [0.29, 0.717) is 27.3 Å². The highest BCUT2D eigenvalue weighted by atomic mass is 35.5. The van der Waals surface area contributed by atoms with Crippen molar-refractivity contribution in [3.8, 4) is 5.75 Å². The molecule has 4 nitrogen and oxygen atoms in total. The lowest BCUT2D eigenvalue weighted by Gasteiger charge is -2.11. The maximum Gasteiger partial charge on any atom is 0.277 e. The van der Waals surface area contributed by atoms with Crippen LogP contribution in [0.3, 0.4) is 0 Å². The summed E-state index contributed by atoms with van der Waals surface area (Å²) in [6.45, 7) is 4.25. The molecule has 2 aromatic rings. The third kappa shape index (κ3) is 6.04. The highest BCUT2D eigenvalue weighted by Gasteiger charge is 2.06. The van der Waals surface area contributed by atoms with Gasteiger partial charge in [-0.25, -0.2) is 5.43 Å². The Bertz CT molecular complexity index is 741. The highest BCUT2D eigenvalue weighted by Crippen LogP contribution is 2.23. The van der Waals surface area contributed by atoms with Crippen LogP contribution in [0.15, 0.2) is 47.6 Å². The average molecular weight is 393 g/mol. The van der Waals surface area contributed by atoms with E-state index in [0.717, 1.165) is 12.8 Å². The van der Waals surface area contributed by atoms with E-state index in [9.17, 15) is 4.79 Å². The Labute approximate surface area is 164 Å². The Morgan fingerprint density at radius 1 is 1.19 bits per heavy atom. The smallest absolute Gasteiger partial charge is 0.277 e. The highest BCUT2D eigenvalue weighted by molar-refractivity contribution is 6.38. The Kier molecular flexibility index (Phi) is 7.95. The lowest BCUT2D eigenvalue weighted by atomic mass is 9.97. The fourth-order valence-electron chi connectivity index (χ4n) is 2.48. The molecular formula is C20H22Cl2N2O2. The Morgan fingerprint density at radius 2 is 1.85 bits per heavy atom. The van der Waals surface area contributed by atoms with Crippen LogP contribution in [0.25, 0.3) is 0 Å². The number of ether oxygens (including phenoxy) is 1. The van der Waals surface area contributed by atoms with Gasteiger partial charge in [0, 0.05) is 5.56 Å². The summed E-state index contributed by atoms with van der Waals surface area (Å²) in [5, 5.41) is 4.78. The Morgan fingerprint density at radius 3 is 2.46 bits per heavy atom. The molecule has 0 fully saturated rings. The summed E-state index contributed by atoms with van der Waals surface area (Å²) < 4.78 is 5.47. The van der Waals surface area contributed by atoms with Gasteiger partial charge in [-0.15, -0.1) is 0 Å². The second kappa shape index (κ2) is 10.2. The predicted molar refractivity (Wildman–Crippen MR) is 107 cm³/mol. The average Bonchev–Trinajstić information content (AvgIpc) is 2.63. The third-order valence-corrected chi connectivity index (χ3v) is 4.58. The zero-order chi connectivity index (χ0) is 18.9. The van der Waals surface area contributed by atoms with Crippen LogP contribution in [-0.4, -0.2) is 18.7 Å². The minimum Gasteiger partial charge on any atom is -0.484 e. The standard InChI is InChI=1S/C20H22Cl2N2O2/c1-3-5-14(2)15-8-10-16(11-9-15)26-13-20(25)24-23-12-17-18(21)6-4-7-19(17)22/h4,6-12,14H,3,5,13H2,1-2H3,(H,24,25)/b23-12-/t14-/m0/s1. The predicted octanol–water partition coefficient (Wildman–Crippen LogP) is 5.43. The lowest BCUT2D eigenvalue weighted by molar-refractivity contribution is -0.123. The molecule has 0 aromatic heterocycles. The first-order valence-corrected chi connectivity index (χ1v) is 9.25. The van der Waals surface area contributed by atoms with E-state index in [1.165, 1.54) is 11.8 Å². The van der Waals surface area contributed by atoms with Gasteiger partial charge in [0.25, 0.3) is 5.91 Å². The number of hydrazone groups is 1. The Balaban J connectivity index is 1.82. The van der Waals surface area contributed by atoms with E-state index in [-0.39, 0.29) is 12.5 Å². The first-order valence-electron chi connectivity index (χ1n) is 8.50. The van der Waals surface area contributed by atoms with Crippen molar-refractivity contribution in [2.24, 2.45) is 5.10 Å². The first kappa shape index (κ1) is 20.3. The van der Waals surface area contributed by atoms with Gasteiger partial charge in [0.1, 0.15) is 5.75 Å². The van der Waals surface area contributed by atoms with Gasteiger partial charge in [0.15, 0.2) is 6.61 Å². The Hall–Kier alpha value is -2.04. The van der Waals surface area contributed by atoms with Crippen LogP contribution < -0.4 is 10.2 Å². The monoisotopic (exact) mass is 392 g/mol. The van der Waals surface area contributed by atoms with Crippen molar-refractivity contribution in [2.75, 3.05) is 6.61 Å². The number of carbonyl (C=O) groups excluding carboxylic acids is 1. The molecule has 1 N–H and O–H groups in total. The summed E-state index contributed by atoms with van der Waals surface area (Å²) in [6, 6.07) is 13.0. The van der Waals surface area contributed by atoms with Crippen LogP contribution >= 0.6 is 23.2 Å². The molecule has 26 heavy (non-hydrogen) atoms. The molecule has 0 unspecified atom stereocenters. The summed E-state index contributed by atoms with van der Waals surface area (Å²) in [7, 11) is 0. The second-order valence-electron chi connectivity index (χ2n) is 5.98. The van der Waals surface area contributed by atoms with E-state index in [4.69, 9.17) is 27.9 Å². The molecule has 6 heteroatoms. The molecule has 0 saturated heterocycles. The number of nitrogens with zero attached hydrogens (tertiary/aromatic N) is 1. The van der Waals surface area contributed by atoms with Crippen molar-refractivity contribution >= 4 is 35.3 Å². The van der Waals surface area contributed by atoms with Crippen LogP contribution in [0.2, 0.25) is 10.0 Å². The van der Waals surface area contributed by atoms with Gasteiger partial charge in [-0.05, 0) is 42.2 Å². The minimum absolute atomic E-state index is 0.128. The van der Waals surface area contributed by atoms with Crippen molar-refractivity contribution in [3.05, 3.63) is 63.6 Å². The number of hydrogen-bond acceptors (Lipinski definition) is 3. The van der Waals surface area contributed by atoms with Crippen LogP contribution in [0, 0.1) is 0 Å². The van der Waals surface area contributed by atoms with Crippen molar-refractivity contribution in [2.45, 2.75) is 32.6 Å². The number of nitrogens with one attached hydrogen (secondary N) is 1. The van der Waals surface area contributed by atoms with Gasteiger partial charge in [0.05, 0.1) is 16.3 Å². The normalized spacial score (nSPS) is 12.2. The van der Waals surface area contributed by atoms with E-state index in [1.807, 2.05) is 24.3 Å². The number of amides is 1. The minimum atomic E-state index is -0.368. The molecule has 0 heterocycles. The molecule has 0 radical (unpaired) electrons. The van der Waals surface area contributed by atoms with Gasteiger partial charge in [0.2, 0.25) is 0 Å². The molecule has 0 aliphatic rings. The summed E-state index contributed by atoms with van der Waals surface area (Å²) in [4.78, 5) is 11.8. The lowest BCUT2D eigenvalue weighted by Crippen LogP contribution is -2.24. The fraction of sp³-hybridized carbons (Fsp3) is 0.300. The zero-order valence-electron chi connectivity index (χ0n) is 14.8. The first-order chi connectivity index (χ1) is 12.5. The van der Waals surface area contributed by atoms with E-state index in [1.54, 1.807) is 18.2 Å². The number of hydrogen-bond donors (Lipinski definition) is 1. The zero-order valence-corrected chi connectivity index (χ0v) is 16.3. The quantitative estimate of drug-likeness (QED) is 0.481. The third-order valence-electron chi connectivity index (χ3n) is 3.92. The molecule has 0 aliphatic carbocycles. The van der Waals surface area contributed by atoms with E-state index >= 15 is 0 Å². The largest absolute Gasteiger partial charge is 0.484 e. The molecular weight excluding hydrogens is 371 g/mol. The number of benzene rings is 2. The van der Waals surface area contributed by atoms with Gasteiger partial charge >= 0.3 is 0 Å². The molecule has 1 atom stereocenters. The summed E-state index contributed by atoms with van der Waals surface area (Å²) in [5.74, 6) is 0.793. The van der Waals surface area contributed by atoms with Gasteiger partial charge in [-0.1, -0.05) is 61.7 Å². The maximum atomic E-state index is 11.8. The van der Waals surface area contributed by atoms with Crippen molar-refractivity contribution in [1.29, 1.82) is 0 Å². The van der Waals surface area contributed by atoms with Gasteiger partial charge < -0.3 is 4.74 Å². The molecule has 2 rings (SSSR count). The SMILES string of the molecule is CCC[C@H](C)c1ccc(OCC(=O)N/N=C\c2c(Cl)cccc2Cl)cc1. The molecule has 1 amide bonds. The van der Waals surface area contributed by atoms with Crippen LogP contribution in [0.4, 0.5) is 0 Å². The molecule has 0 spiro atoms. The summed E-state index contributed by atoms with van der Waals surface area (Å²) >= 11 is 12.1. The molecule has 0 bridgehead atoms. The fourth-order valence-corrected chi connectivity index (χ4v) is 2.97. The molecule has 138 valence electrons. The summed E-state index contributed by atoms with van der Waals surface area (Å²) in [5.41, 5.74) is 4.21. The van der Waals surface area contributed by atoms with Crippen LogP contribution in [0.1, 0.15) is 43.7 Å².